The molecule has 2 aromatic heterocycles. The number of hydrogen-bond acceptors (Lipinski definition) is 4. The highest BCUT2D eigenvalue weighted by Crippen LogP contribution is 2.40. The van der Waals surface area contributed by atoms with Crippen LogP contribution >= 0.6 is 0 Å². The van der Waals surface area contributed by atoms with Crippen LogP contribution in [0.4, 0.5) is 0 Å². The van der Waals surface area contributed by atoms with Crippen LogP contribution in [0.3, 0.4) is 0 Å². The second kappa shape index (κ2) is 7.97. The molecule has 2 fully saturated rings. The highest BCUT2D eigenvalue weighted by atomic mass is 16.2. The highest BCUT2D eigenvalue weighted by molar-refractivity contribution is 5.77. The fourth-order valence-corrected chi connectivity index (χ4v) is 4.54. The van der Waals surface area contributed by atoms with Gasteiger partial charge in [-0.25, -0.2) is 4.98 Å². The standard InChI is InChI=1S/C22H29N5O2/c1-17-18(2)27(16-24-17)14-21(29)25-11-7-22(8-12-25)6-3-20(28)26(15-22)13-19-4-9-23-10-5-19/h4-5,9-10,16H,3,6-8,11-15H2,1-2H3. The van der Waals surface area contributed by atoms with Gasteiger partial charge >= 0.3 is 0 Å². The number of hydrogen-bond donors (Lipinski definition) is 0. The molecule has 0 aromatic carbocycles. The number of nitrogens with zero attached hydrogens (tertiary/aromatic N) is 5. The molecule has 1 spiro atoms. The molecule has 4 heterocycles. The van der Waals surface area contributed by atoms with Crippen LogP contribution in [0.2, 0.25) is 0 Å². The Bertz CT molecular complexity index is 884. The van der Waals surface area contributed by atoms with Gasteiger partial charge in [0.05, 0.1) is 12.0 Å². The van der Waals surface area contributed by atoms with Gasteiger partial charge in [0.1, 0.15) is 6.54 Å². The normalized spacial score (nSPS) is 19.0. The molecule has 2 aliphatic rings. The van der Waals surface area contributed by atoms with E-state index >= 15 is 0 Å². The van der Waals surface area contributed by atoms with Crippen molar-refractivity contribution in [2.24, 2.45) is 5.41 Å². The zero-order chi connectivity index (χ0) is 20.4. The summed E-state index contributed by atoms with van der Waals surface area (Å²) in [5.74, 6) is 0.387. The van der Waals surface area contributed by atoms with Crippen molar-refractivity contribution in [1.82, 2.24) is 24.3 Å². The number of amides is 2. The molecule has 2 aromatic rings. The van der Waals surface area contributed by atoms with Gasteiger partial charge in [0, 0.05) is 50.7 Å². The van der Waals surface area contributed by atoms with Crippen LogP contribution < -0.4 is 0 Å². The molecule has 7 nitrogen and oxygen atoms in total. The Morgan fingerprint density at radius 1 is 1.14 bits per heavy atom. The van der Waals surface area contributed by atoms with Gasteiger partial charge in [-0.3, -0.25) is 14.6 Å². The maximum Gasteiger partial charge on any atom is 0.242 e. The van der Waals surface area contributed by atoms with Crippen LogP contribution in [0, 0.1) is 19.3 Å². The topological polar surface area (TPSA) is 71.3 Å². The van der Waals surface area contributed by atoms with Crippen LogP contribution in [0.15, 0.2) is 30.9 Å². The Balaban J connectivity index is 1.35. The number of rotatable bonds is 4. The third-order valence-corrected chi connectivity index (χ3v) is 6.70. The van der Waals surface area contributed by atoms with Crippen molar-refractivity contribution < 1.29 is 9.59 Å². The molecule has 0 unspecified atom stereocenters. The van der Waals surface area contributed by atoms with E-state index in [9.17, 15) is 9.59 Å². The van der Waals surface area contributed by atoms with Gasteiger partial charge in [0.15, 0.2) is 0 Å². The van der Waals surface area contributed by atoms with Gasteiger partial charge in [-0.05, 0) is 56.2 Å². The largest absolute Gasteiger partial charge is 0.341 e. The van der Waals surface area contributed by atoms with Gasteiger partial charge in [-0.1, -0.05) is 0 Å². The quantitative estimate of drug-likeness (QED) is 0.797. The molecule has 154 valence electrons. The number of carbonyl (C=O) groups is 2. The predicted octanol–water partition coefficient (Wildman–Crippen LogP) is 2.33. The summed E-state index contributed by atoms with van der Waals surface area (Å²) < 4.78 is 1.93. The Labute approximate surface area is 171 Å². The lowest BCUT2D eigenvalue weighted by molar-refractivity contribution is -0.143. The van der Waals surface area contributed by atoms with Crippen molar-refractivity contribution in [1.29, 1.82) is 0 Å². The fourth-order valence-electron chi connectivity index (χ4n) is 4.54. The second-order valence-electron chi connectivity index (χ2n) is 8.53. The van der Waals surface area contributed by atoms with Crippen molar-refractivity contribution in [2.75, 3.05) is 19.6 Å². The predicted molar refractivity (Wildman–Crippen MR) is 109 cm³/mol. The molecule has 0 aliphatic carbocycles. The summed E-state index contributed by atoms with van der Waals surface area (Å²) in [4.78, 5) is 37.5. The van der Waals surface area contributed by atoms with E-state index in [1.54, 1.807) is 18.7 Å². The first-order chi connectivity index (χ1) is 14.0. The second-order valence-corrected chi connectivity index (χ2v) is 8.53. The van der Waals surface area contributed by atoms with E-state index in [2.05, 4.69) is 9.97 Å². The lowest BCUT2D eigenvalue weighted by Crippen LogP contribution is -2.52. The molecular weight excluding hydrogens is 366 g/mol. The van der Waals surface area contributed by atoms with Gasteiger partial charge in [0.25, 0.3) is 0 Å². The molecule has 2 saturated heterocycles. The minimum Gasteiger partial charge on any atom is -0.341 e. The molecule has 2 amide bonds. The smallest absolute Gasteiger partial charge is 0.242 e. The average Bonchev–Trinajstić information content (AvgIpc) is 3.04. The molecule has 4 rings (SSSR count). The number of likely N-dealkylation sites (tertiary alicyclic amines) is 2. The number of carbonyl (C=O) groups excluding carboxylic acids is 2. The van der Waals surface area contributed by atoms with E-state index in [4.69, 9.17) is 0 Å². The molecule has 0 bridgehead atoms. The SMILES string of the molecule is Cc1ncn(CC(=O)N2CCC3(CCC(=O)N(Cc4ccncc4)C3)CC2)c1C. The van der Waals surface area contributed by atoms with Crippen LogP contribution in [0.5, 0.6) is 0 Å². The third kappa shape index (κ3) is 4.18. The van der Waals surface area contributed by atoms with E-state index < -0.39 is 0 Å². The summed E-state index contributed by atoms with van der Waals surface area (Å²) in [5.41, 5.74) is 3.27. The molecule has 0 atom stereocenters. The summed E-state index contributed by atoms with van der Waals surface area (Å²) in [7, 11) is 0. The Morgan fingerprint density at radius 2 is 1.86 bits per heavy atom. The molecule has 0 N–H and O–H groups in total. The van der Waals surface area contributed by atoms with Crippen molar-refractivity contribution in [3.8, 4) is 0 Å². The minimum absolute atomic E-state index is 0.138. The first-order valence-electron chi connectivity index (χ1n) is 10.4. The molecule has 0 radical (unpaired) electrons. The Kier molecular flexibility index (Phi) is 5.39. The van der Waals surface area contributed by atoms with E-state index in [0.717, 1.165) is 55.8 Å². The lowest BCUT2D eigenvalue weighted by Gasteiger charge is -2.47. The van der Waals surface area contributed by atoms with Crippen LogP contribution in [-0.4, -0.2) is 55.8 Å². The Morgan fingerprint density at radius 3 is 2.52 bits per heavy atom. The van der Waals surface area contributed by atoms with E-state index in [-0.39, 0.29) is 17.2 Å². The molecule has 29 heavy (non-hydrogen) atoms. The molecular formula is C22H29N5O2. The number of imidazole rings is 1. The van der Waals surface area contributed by atoms with Crippen LogP contribution in [-0.2, 0) is 22.7 Å². The number of piperidine rings is 2. The van der Waals surface area contributed by atoms with Crippen molar-refractivity contribution in [3.63, 3.8) is 0 Å². The first kappa shape index (κ1) is 19.6. The Hall–Kier alpha value is -2.70. The van der Waals surface area contributed by atoms with Crippen LogP contribution in [0.1, 0.15) is 42.6 Å². The van der Waals surface area contributed by atoms with E-state index in [0.29, 0.717) is 19.5 Å². The van der Waals surface area contributed by atoms with Crippen molar-refractivity contribution >= 4 is 11.8 Å². The van der Waals surface area contributed by atoms with Gasteiger partial charge in [-0.2, -0.15) is 0 Å². The zero-order valence-corrected chi connectivity index (χ0v) is 17.3. The number of aryl methyl sites for hydroxylation is 1. The first-order valence-corrected chi connectivity index (χ1v) is 10.4. The van der Waals surface area contributed by atoms with Crippen molar-refractivity contribution in [3.05, 3.63) is 47.8 Å². The lowest BCUT2D eigenvalue weighted by atomic mass is 9.72. The third-order valence-electron chi connectivity index (χ3n) is 6.70. The maximum absolute atomic E-state index is 12.8. The summed E-state index contributed by atoms with van der Waals surface area (Å²) in [6.07, 6.45) is 8.74. The van der Waals surface area contributed by atoms with Crippen LogP contribution in [0.25, 0.3) is 0 Å². The van der Waals surface area contributed by atoms with E-state index in [1.165, 1.54) is 0 Å². The number of pyridine rings is 1. The van der Waals surface area contributed by atoms with Gasteiger partial charge in [0.2, 0.25) is 11.8 Å². The maximum atomic E-state index is 12.8. The number of aromatic nitrogens is 3. The van der Waals surface area contributed by atoms with Crippen molar-refractivity contribution in [2.45, 2.75) is 52.6 Å². The molecule has 2 aliphatic heterocycles. The average molecular weight is 396 g/mol. The monoisotopic (exact) mass is 395 g/mol. The van der Waals surface area contributed by atoms with Gasteiger partial charge in [-0.15, -0.1) is 0 Å². The summed E-state index contributed by atoms with van der Waals surface area (Å²) in [6, 6.07) is 3.94. The van der Waals surface area contributed by atoms with E-state index in [1.807, 2.05) is 40.3 Å². The minimum atomic E-state index is 0.138. The summed E-state index contributed by atoms with van der Waals surface area (Å²) in [5, 5.41) is 0. The van der Waals surface area contributed by atoms with Gasteiger partial charge < -0.3 is 14.4 Å². The molecule has 7 heteroatoms. The highest BCUT2D eigenvalue weighted by Gasteiger charge is 2.41. The summed E-state index contributed by atoms with van der Waals surface area (Å²) in [6.45, 7) is 7.28. The molecule has 0 saturated carbocycles. The summed E-state index contributed by atoms with van der Waals surface area (Å²) >= 11 is 0. The fraction of sp³-hybridized carbons (Fsp3) is 0.545. The zero-order valence-electron chi connectivity index (χ0n) is 17.3.